The highest BCUT2D eigenvalue weighted by Crippen LogP contribution is 2.34. The molecule has 0 saturated carbocycles. The van der Waals surface area contributed by atoms with E-state index in [1.54, 1.807) is 27.7 Å². The molecule has 9 heteroatoms. The number of carboxylic acids is 1. The zero-order valence-corrected chi connectivity index (χ0v) is 19.6. The third kappa shape index (κ3) is 5.90. The number of alkyl halides is 3. The normalized spacial score (nSPS) is 12.9. The van der Waals surface area contributed by atoms with E-state index >= 15 is 0 Å². The minimum atomic E-state index is -4.48. The van der Waals surface area contributed by atoms with Gasteiger partial charge in [0.15, 0.2) is 0 Å². The lowest BCUT2D eigenvalue weighted by molar-refractivity contribution is -0.142. The van der Waals surface area contributed by atoms with Crippen LogP contribution in [0.15, 0.2) is 48.5 Å². The van der Waals surface area contributed by atoms with Gasteiger partial charge in [0.05, 0.1) is 11.1 Å². The number of aryl methyl sites for hydroxylation is 1. The van der Waals surface area contributed by atoms with Crippen molar-refractivity contribution in [1.82, 2.24) is 5.32 Å². The highest BCUT2D eigenvalue weighted by molar-refractivity contribution is 6.05. The van der Waals surface area contributed by atoms with Crippen LogP contribution in [0, 0.1) is 18.2 Å². The van der Waals surface area contributed by atoms with Crippen LogP contribution >= 0.6 is 0 Å². The average molecular weight is 491 g/mol. The molecule has 5 nitrogen and oxygen atoms in total. The first-order chi connectivity index (χ1) is 16.2. The number of hydrogen-bond donors (Lipinski definition) is 2. The van der Waals surface area contributed by atoms with Crippen molar-refractivity contribution in [2.75, 3.05) is 0 Å². The Bertz CT molecular complexity index is 1260. The molecule has 0 radical (unpaired) electrons. The topological polar surface area (TPSA) is 75.6 Å². The van der Waals surface area contributed by atoms with Crippen LogP contribution < -0.4 is 10.1 Å². The second-order valence-corrected chi connectivity index (χ2v) is 9.36. The number of halogens is 4. The van der Waals surface area contributed by atoms with Crippen LogP contribution in [0.5, 0.6) is 5.75 Å². The number of nitrogens with one attached hydrogen (secondary N) is 1. The summed E-state index contributed by atoms with van der Waals surface area (Å²) in [6.07, 6.45) is -4.48. The Morgan fingerprint density at radius 1 is 1.03 bits per heavy atom. The molecule has 0 saturated heterocycles. The molecular weight excluding hydrogens is 466 g/mol. The fourth-order valence-electron chi connectivity index (χ4n) is 3.56. The zero-order chi connectivity index (χ0) is 26.1. The van der Waals surface area contributed by atoms with Gasteiger partial charge in [0.25, 0.3) is 5.91 Å². The van der Waals surface area contributed by atoms with Gasteiger partial charge in [-0.05, 0) is 59.2 Å². The molecule has 2 N–H and O–H groups in total. The molecule has 0 aliphatic carbocycles. The van der Waals surface area contributed by atoms with Crippen molar-refractivity contribution >= 4 is 22.6 Å². The Balaban J connectivity index is 2.01. The Hall–Kier alpha value is -3.62. The number of carboxylic acid groups (broad SMARTS) is 1. The summed E-state index contributed by atoms with van der Waals surface area (Å²) in [4.78, 5) is 24.9. The molecule has 3 aromatic rings. The van der Waals surface area contributed by atoms with Gasteiger partial charge in [-0.3, -0.25) is 4.79 Å². The smallest absolute Gasteiger partial charge is 0.416 e. The van der Waals surface area contributed by atoms with Crippen LogP contribution in [0.2, 0.25) is 0 Å². The summed E-state index contributed by atoms with van der Waals surface area (Å²) in [6.45, 7) is 6.37. The Morgan fingerprint density at radius 3 is 2.20 bits per heavy atom. The minimum absolute atomic E-state index is 0.0194. The van der Waals surface area contributed by atoms with Crippen molar-refractivity contribution in [3.8, 4) is 5.75 Å². The zero-order valence-electron chi connectivity index (χ0n) is 19.6. The van der Waals surface area contributed by atoms with Crippen LogP contribution in [0.3, 0.4) is 0 Å². The SMILES string of the molecule is Cc1cc2c(OCc3ccc(C(F)(F)F)cc3)c(C(=O)NC(C(=O)O)C(C)(C)C)ccc2cc1F. The highest BCUT2D eigenvalue weighted by atomic mass is 19.4. The van der Waals surface area contributed by atoms with Gasteiger partial charge in [-0.2, -0.15) is 13.2 Å². The van der Waals surface area contributed by atoms with E-state index in [2.05, 4.69) is 5.32 Å². The molecule has 1 unspecified atom stereocenters. The van der Waals surface area contributed by atoms with Gasteiger partial charge in [-0.1, -0.05) is 39.0 Å². The molecule has 0 aliphatic rings. The maximum Gasteiger partial charge on any atom is 0.416 e. The van der Waals surface area contributed by atoms with E-state index in [0.717, 1.165) is 12.1 Å². The van der Waals surface area contributed by atoms with Crippen LogP contribution in [-0.2, 0) is 17.6 Å². The standard InChI is InChI=1S/C26H25F4NO4/c1-14-11-19-16(12-20(14)27)7-10-18(23(32)31-22(24(33)34)25(2,3)4)21(19)35-13-15-5-8-17(9-6-15)26(28,29)30/h5-12,22H,13H2,1-4H3,(H,31,32)(H,33,34). The molecule has 3 aromatic carbocycles. The molecular formula is C26H25F4NO4. The number of hydrogen-bond acceptors (Lipinski definition) is 3. The first kappa shape index (κ1) is 26.0. The van der Waals surface area contributed by atoms with Crippen LogP contribution in [0.25, 0.3) is 10.8 Å². The number of benzene rings is 3. The number of amides is 1. The summed E-state index contributed by atoms with van der Waals surface area (Å²) in [5.41, 5.74) is -0.865. The van der Waals surface area contributed by atoms with E-state index in [1.807, 2.05) is 0 Å². The van der Waals surface area contributed by atoms with E-state index in [4.69, 9.17) is 4.74 Å². The minimum Gasteiger partial charge on any atom is -0.487 e. The second kappa shape index (κ2) is 9.56. The molecule has 0 bridgehead atoms. The molecule has 0 fully saturated rings. The fraction of sp³-hybridized carbons (Fsp3) is 0.308. The number of carbonyl (C=O) groups is 2. The third-order valence-corrected chi connectivity index (χ3v) is 5.55. The van der Waals surface area contributed by atoms with E-state index in [9.17, 15) is 32.3 Å². The number of rotatable bonds is 6. The first-order valence-corrected chi connectivity index (χ1v) is 10.7. The largest absolute Gasteiger partial charge is 0.487 e. The highest BCUT2D eigenvalue weighted by Gasteiger charge is 2.34. The number of aliphatic carboxylic acids is 1. The van der Waals surface area contributed by atoms with Crippen LogP contribution in [-0.4, -0.2) is 23.0 Å². The molecule has 35 heavy (non-hydrogen) atoms. The van der Waals surface area contributed by atoms with Crippen molar-refractivity contribution in [2.24, 2.45) is 5.41 Å². The maximum atomic E-state index is 14.1. The Kier molecular flexibility index (Phi) is 7.10. The van der Waals surface area contributed by atoms with Crippen molar-refractivity contribution in [2.45, 2.75) is 46.5 Å². The maximum absolute atomic E-state index is 14.1. The van der Waals surface area contributed by atoms with Gasteiger partial charge in [0.2, 0.25) is 0 Å². The Labute approximate surface area is 199 Å². The monoisotopic (exact) mass is 491 g/mol. The molecule has 186 valence electrons. The molecule has 0 aromatic heterocycles. The number of carbonyl (C=O) groups excluding carboxylic acids is 1. The van der Waals surface area contributed by atoms with Gasteiger partial charge < -0.3 is 15.2 Å². The molecule has 3 rings (SSSR count). The number of fused-ring (bicyclic) bond motifs is 1. The third-order valence-electron chi connectivity index (χ3n) is 5.55. The lowest BCUT2D eigenvalue weighted by atomic mass is 9.86. The van der Waals surface area contributed by atoms with E-state index < -0.39 is 40.9 Å². The molecule has 0 spiro atoms. The van der Waals surface area contributed by atoms with Gasteiger partial charge >= 0.3 is 12.1 Å². The molecule has 1 amide bonds. The van der Waals surface area contributed by atoms with Crippen LogP contribution in [0.4, 0.5) is 17.6 Å². The predicted molar refractivity (Wildman–Crippen MR) is 123 cm³/mol. The predicted octanol–water partition coefficient (Wildman–Crippen LogP) is 6.11. The van der Waals surface area contributed by atoms with E-state index in [0.29, 0.717) is 21.9 Å². The van der Waals surface area contributed by atoms with Crippen molar-refractivity contribution in [3.63, 3.8) is 0 Å². The first-order valence-electron chi connectivity index (χ1n) is 10.7. The quantitative estimate of drug-likeness (QED) is 0.408. The van der Waals surface area contributed by atoms with Crippen molar-refractivity contribution < 1.29 is 37.0 Å². The summed E-state index contributed by atoms with van der Waals surface area (Å²) in [7, 11) is 0. The molecule has 0 aliphatic heterocycles. The lowest BCUT2D eigenvalue weighted by Gasteiger charge is -2.28. The van der Waals surface area contributed by atoms with E-state index in [-0.39, 0.29) is 17.9 Å². The summed E-state index contributed by atoms with van der Waals surface area (Å²) >= 11 is 0. The van der Waals surface area contributed by atoms with E-state index in [1.165, 1.54) is 36.4 Å². The Morgan fingerprint density at radius 2 is 1.66 bits per heavy atom. The van der Waals surface area contributed by atoms with Gasteiger partial charge in [-0.15, -0.1) is 0 Å². The van der Waals surface area contributed by atoms with Gasteiger partial charge in [0.1, 0.15) is 24.2 Å². The summed E-state index contributed by atoms with van der Waals surface area (Å²) < 4.78 is 58.6. The van der Waals surface area contributed by atoms with Gasteiger partial charge in [0, 0.05) is 5.39 Å². The molecule has 1 atom stereocenters. The fourth-order valence-corrected chi connectivity index (χ4v) is 3.56. The van der Waals surface area contributed by atoms with Crippen molar-refractivity contribution in [1.29, 1.82) is 0 Å². The summed E-state index contributed by atoms with van der Waals surface area (Å²) in [5.74, 6) is -2.31. The summed E-state index contributed by atoms with van der Waals surface area (Å²) in [5, 5.41) is 12.9. The van der Waals surface area contributed by atoms with Gasteiger partial charge in [-0.25, -0.2) is 9.18 Å². The lowest BCUT2D eigenvalue weighted by Crippen LogP contribution is -2.49. The van der Waals surface area contributed by atoms with Crippen molar-refractivity contribution in [3.05, 3.63) is 76.6 Å². The summed E-state index contributed by atoms with van der Waals surface area (Å²) in [6, 6.07) is 8.88. The van der Waals surface area contributed by atoms with Crippen LogP contribution in [0.1, 0.15) is 47.8 Å². The number of ether oxygens (including phenoxy) is 1. The second-order valence-electron chi connectivity index (χ2n) is 9.36. The molecule has 0 heterocycles. The average Bonchev–Trinajstić information content (AvgIpc) is 2.75.